The molecule has 4 heterocycles. The van der Waals surface area contributed by atoms with Crippen molar-refractivity contribution in [3.8, 4) is 0 Å². The van der Waals surface area contributed by atoms with Crippen LogP contribution in [0.4, 0.5) is 5.82 Å². The molecule has 0 radical (unpaired) electrons. The van der Waals surface area contributed by atoms with E-state index in [2.05, 4.69) is 56.8 Å². The number of rotatable bonds is 4. The Morgan fingerprint density at radius 2 is 2.22 bits per heavy atom. The van der Waals surface area contributed by atoms with Crippen molar-refractivity contribution in [2.45, 2.75) is 13.0 Å². The SMILES string of the molecule is CN(C)CCNc1nc2nnnn2c2sc3c(c12)CCN(C)C3. The van der Waals surface area contributed by atoms with Crippen LogP contribution in [0.25, 0.3) is 16.0 Å². The summed E-state index contributed by atoms with van der Waals surface area (Å²) in [6.07, 6.45) is 1.05. The van der Waals surface area contributed by atoms with Crippen LogP contribution in [0.1, 0.15) is 10.4 Å². The van der Waals surface area contributed by atoms with Crippen LogP contribution in [0.3, 0.4) is 0 Å². The average molecular weight is 332 g/mol. The Bertz CT molecular complexity index is 851. The zero-order chi connectivity index (χ0) is 16.0. The lowest BCUT2D eigenvalue weighted by atomic mass is 10.1. The number of aromatic nitrogens is 5. The molecule has 0 saturated heterocycles. The van der Waals surface area contributed by atoms with Gasteiger partial charge in [-0.2, -0.15) is 9.50 Å². The summed E-state index contributed by atoms with van der Waals surface area (Å²) in [5, 5.41) is 16.6. The number of fused-ring (bicyclic) bond motifs is 5. The topological polar surface area (TPSA) is 74.5 Å². The van der Waals surface area contributed by atoms with Crippen molar-refractivity contribution in [2.24, 2.45) is 0 Å². The van der Waals surface area contributed by atoms with E-state index in [1.807, 2.05) is 0 Å². The second kappa shape index (κ2) is 5.66. The van der Waals surface area contributed by atoms with Gasteiger partial charge in [-0.25, -0.2) is 0 Å². The Morgan fingerprint density at radius 1 is 1.35 bits per heavy atom. The number of hydrogen-bond donors (Lipinski definition) is 1. The summed E-state index contributed by atoms with van der Waals surface area (Å²) in [6, 6.07) is 0. The molecule has 0 unspecified atom stereocenters. The van der Waals surface area contributed by atoms with Gasteiger partial charge in [0.05, 0.1) is 5.39 Å². The van der Waals surface area contributed by atoms with E-state index < -0.39 is 0 Å². The molecule has 1 N–H and O–H groups in total. The summed E-state index contributed by atoms with van der Waals surface area (Å²) in [7, 11) is 6.30. The molecule has 8 nitrogen and oxygen atoms in total. The van der Waals surface area contributed by atoms with E-state index in [0.29, 0.717) is 5.78 Å². The zero-order valence-electron chi connectivity index (χ0n) is 13.6. The van der Waals surface area contributed by atoms with Crippen LogP contribution in [-0.4, -0.2) is 75.6 Å². The molecule has 3 aromatic rings. The standard InChI is InChI=1S/C14H20N8S/c1-20(2)7-5-15-12-11-9-4-6-21(3)8-10(9)23-13(11)22-14(16-12)17-18-19-22/h4-8H2,1-3H3,(H,15,16,17,19). The smallest absolute Gasteiger partial charge is 0.276 e. The molecule has 0 atom stereocenters. The molecule has 3 aromatic heterocycles. The zero-order valence-corrected chi connectivity index (χ0v) is 14.4. The largest absolute Gasteiger partial charge is 0.368 e. The quantitative estimate of drug-likeness (QED) is 0.753. The maximum atomic E-state index is 4.65. The van der Waals surface area contributed by atoms with Crippen LogP contribution in [0.5, 0.6) is 0 Å². The Labute approximate surface area is 138 Å². The highest BCUT2D eigenvalue weighted by Gasteiger charge is 2.24. The minimum absolute atomic E-state index is 0.553. The Hall–Kier alpha value is -1.84. The van der Waals surface area contributed by atoms with E-state index >= 15 is 0 Å². The molecule has 1 aliphatic rings. The fourth-order valence-corrected chi connectivity index (χ4v) is 4.35. The van der Waals surface area contributed by atoms with Crippen molar-refractivity contribution in [2.75, 3.05) is 46.1 Å². The van der Waals surface area contributed by atoms with Crippen LogP contribution in [0.15, 0.2) is 0 Å². The fourth-order valence-electron chi connectivity index (χ4n) is 2.98. The van der Waals surface area contributed by atoms with E-state index in [-0.39, 0.29) is 0 Å². The highest BCUT2D eigenvalue weighted by molar-refractivity contribution is 7.19. The maximum Gasteiger partial charge on any atom is 0.276 e. The highest BCUT2D eigenvalue weighted by atomic mass is 32.1. The molecule has 23 heavy (non-hydrogen) atoms. The summed E-state index contributed by atoms with van der Waals surface area (Å²) in [4.78, 5) is 11.6. The predicted molar refractivity (Wildman–Crippen MR) is 91.0 cm³/mol. The molecule has 9 heteroatoms. The van der Waals surface area contributed by atoms with E-state index in [0.717, 1.165) is 43.2 Å². The second-order valence-electron chi connectivity index (χ2n) is 6.25. The summed E-state index contributed by atoms with van der Waals surface area (Å²) < 4.78 is 1.76. The minimum Gasteiger partial charge on any atom is -0.368 e. The van der Waals surface area contributed by atoms with Gasteiger partial charge >= 0.3 is 0 Å². The summed E-state index contributed by atoms with van der Waals surface area (Å²) in [5.41, 5.74) is 1.40. The van der Waals surface area contributed by atoms with Gasteiger partial charge in [0, 0.05) is 31.1 Å². The molecule has 0 spiro atoms. The summed E-state index contributed by atoms with van der Waals surface area (Å²) in [5.74, 6) is 1.46. The number of hydrogen-bond acceptors (Lipinski definition) is 8. The monoisotopic (exact) mass is 332 g/mol. The van der Waals surface area contributed by atoms with Gasteiger partial charge in [0.25, 0.3) is 5.78 Å². The number of likely N-dealkylation sites (N-methyl/N-ethyl adjacent to an activating group) is 2. The van der Waals surface area contributed by atoms with Crippen molar-refractivity contribution in [1.29, 1.82) is 0 Å². The first-order valence-electron chi connectivity index (χ1n) is 7.73. The van der Waals surface area contributed by atoms with E-state index in [4.69, 9.17) is 0 Å². The van der Waals surface area contributed by atoms with E-state index in [1.165, 1.54) is 15.8 Å². The van der Waals surface area contributed by atoms with Crippen molar-refractivity contribution >= 4 is 33.1 Å². The van der Waals surface area contributed by atoms with Crippen LogP contribution in [0.2, 0.25) is 0 Å². The van der Waals surface area contributed by atoms with Gasteiger partial charge in [-0.15, -0.1) is 11.3 Å². The second-order valence-corrected chi connectivity index (χ2v) is 7.34. The average Bonchev–Trinajstić information content (AvgIpc) is 3.09. The predicted octanol–water partition coefficient (Wildman–Crippen LogP) is 0.695. The Balaban J connectivity index is 1.85. The molecule has 122 valence electrons. The van der Waals surface area contributed by atoms with Gasteiger partial charge in [0.1, 0.15) is 10.6 Å². The van der Waals surface area contributed by atoms with Crippen LogP contribution < -0.4 is 5.32 Å². The lowest BCUT2D eigenvalue weighted by Gasteiger charge is -2.22. The van der Waals surface area contributed by atoms with Crippen molar-refractivity contribution in [3.63, 3.8) is 0 Å². The Kier molecular flexibility index (Phi) is 3.63. The van der Waals surface area contributed by atoms with E-state index in [1.54, 1.807) is 15.9 Å². The normalized spacial score (nSPS) is 15.7. The molecule has 0 amide bonds. The van der Waals surface area contributed by atoms with Crippen LogP contribution in [0, 0.1) is 0 Å². The molecule has 0 aromatic carbocycles. The molecular weight excluding hydrogens is 312 g/mol. The molecule has 1 aliphatic heterocycles. The minimum atomic E-state index is 0.553. The van der Waals surface area contributed by atoms with E-state index in [9.17, 15) is 0 Å². The third kappa shape index (κ3) is 2.54. The Morgan fingerprint density at radius 3 is 3.04 bits per heavy atom. The van der Waals surface area contributed by atoms with Crippen LogP contribution in [-0.2, 0) is 13.0 Å². The lowest BCUT2D eigenvalue weighted by Crippen LogP contribution is -2.25. The molecular formula is C14H20N8S. The molecule has 4 rings (SSSR count). The lowest BCUT2D eigenvalue weighted by molar-refractivity contribution is 0.318. The molecule has 0 aliphatic carbocycles. The summed E-state index contributed by atoms with van der Waals surface area (Å²) >= 11 is 1.78. The fraction of sp³-hybridized carbons (Fsp3) is 0.571. The van der Waals surface area contributed by atoms with Crippen LogP contribution >= 0.6 is 11.3 Å². The van der Waals surface area contributed by atoms with Crippen molar-refractivity contribution in [3.05, 3.63) is 10.4 Å². The highest BCUT2D eigenvalue weighted by Crippen LogP contribution is 2.38. The van der Waals surface area contributed by atoms with Gasteiger partial charge < -0.3 is 15.1 Å². The first kappa shape index (κ1) is 14.7. The van der Waals surface area contributed by atoms with Gasteiger partial charge in [0.15, 0.2) is 0 Å². The van der Waals surface area contributed by atoms with Gasteiger partial charge in [-0.05, 0) is 43.6 Å². The van der Waals surface area contributed by atoms with Gasteiger partial charge in [-0.3, -0.25) is 0 Å². The third-order valence-corrected chi connectivity index (χ3v) is 5.37. The number of thiophene rings is 1. The molecule has 0 bridgehead atoms. The summed E-state index contributed by atoms with van der Waals surface area (Å²) in [6.45, 7) is 3.85. The number of nitrogens with one attached hydrogen (secondary N) is 1. The van der Waals surface area contributed by atoms with Crippen molar-refractivity contribution in [1.82, 2.24) is 34.8 Å². The molecule has 0 fully saturated rings. The maximum absolute atomic E-state index is 4.65. The van der Waals surface area contributed by atoms with Crippen molar-refractivity contribution < 1.29 is 0 Å². The first-order chi connectivity index (χ1) is 11.1. The first-order valence-corrected chi connectivity index (χ1v) is 8.54. The molecule has 0 saturated carbocycles. The number of nitrogens with zero attached hydrogens (tertiary/aromatic N) is 7. The number of tetrazole rings is 1. The third-order valence-electron chi connectivity index (χ3n) is 4.17. The van der Waals surface area contributed by atoms with Gasteiger partial charge in [0.2, 0.25) is 0 Å². The van der Waals surface area contributed by atoms with Gasteiger partial charge in [-0.1, -0.05) is 5.10 Å². The number of anilines is 1.